The van der Waals surface area contributed by atoms with E-state index in [9.17, 15) is 33.5 Å². The quantitative estimate of drug-likeness (QED) is 0.0514. The van der Waals surface area contributed by atoms with Gasteiger partial charge in [-0.15, -0.1) is 6.42 Å². The van der Waals surface area contributed by atoms with E-state index in [4.69, 9.17) is 25.6 Å². The van der Waals surface area contributed by atoms with E-state index < -0.39 is 47.4 Å². The molecule has 398 valence electrons. The maximum atomic E-state index is 16.7. The Bertz CT molecular complexity index is 3130. The summed E-state index contributed by atoms with van der Waals surface area (Å²) >= 11 is 0. The number of nitrogens with one attached hydrogen (secondary N) is 4. The molecule has 22 heteroatoms. The lowest BCUT2D eigenvalue weighted by molar-refractivity contribution is -0.136. The molecule has 5 fully saturated rings. The van der Waals surface area contributed by atoms with Crippen LogP contribution >= 0.6 is 0 Å². The molecule has 5 saturated heterocycles. The van der Waals surface area contributed by atoms with Crippen LogP contribution in [0.3, 0.4) is 0 Å². The highest BCUT2D eigenvalue weighted by Crippen LogP contribution is 2.42. The van der Waals surface area contributed by atoms with Crippen LogP contribution in [-0.2, 0) is 23.8 Å². The Kier molecular flexibility index (Phi) is 15.2. The molecule has 2 aromatic heterocycles. The summed E-state index contributed by atoms with van der Waals surface area (Å²) < 4.78 is 53.1. The van der Waals surface area contributed by atoms with Gasteiger partial charge in [-0.2, -0.15) is 9.97 Å². The number of aromatic hydroxyl groups is 1. The van der Waals surface area contributed by atoms with Gasteiger partial charge in [0.25, 0.3) is 11.8 Å². The van der Waals surface area contributed by atoms with E-state index in [1.807, 2.05) is 0 Å². The molecule has 5 N–H and O–H groups in total. The zero-order valence-corrected chi connectivity index (χ0v) is 41.9. The fourth-order valence-electron chi connectivity index (χ4n) is 11.4. The van der Waals surface area contributed by atoms with E-state index >= 15 is 4.39 Å². The van der Waals surface area contributed by atoms with Crippen molar-refractivity contribution in [3.05, 3.63) is 77.0 Å². The number of anilines is 2. The number of nitrogens with zero attached hydrogens (tertiary/aromatic N) is 6. The summed E-state index contributed by atoms with van der Waals surface area (Å²) in [5, 5.41) is 23.2. The summed E-state index contributed by atoms with van der Waals surface area (Å²) in [5.74, 6) is -0.619. The van der Waals surface area contributed by atoms with Crippen molar-refractivity contribution in [2.24, 2.45) is 0 Å². The van der Waals surface area contributed by atoms with Gasteiger partial charge in [-0.1, -0.05) is 18.1 Å². The minimum atomic E-state index is -1.01. The number of rotatable bonds is 16. The van der Waals surface area contributed by atoms with Gasteiger partial charge in [0, 0.05) is 67.5 Å². The molecule has 6 aliphatic rings. The number of pyridine rings is 1. The fourth-order valence-corrected chi connectivity index (χ4v) is 11.4. The SMILES string of the molecule is C#Cc1c(F)ccc2cc(O)cc(-c3ncc4c(N5CC6CCC(C5)N6)nc(OCC56CCCN5CCC6)nc4c3F)c12.COC(=O)NCCOCCOCCNc1cccc2c1C(=O)N(C1CCC(=O)NC1=O)C2=O. The number of ether oxygens (including phenoxy) is 4. The van der Waals surface area contributed by atoms with Crippen molar-refractivity contribution in [1.29, 1.82) is 0 Å². The monoisotopic (exact) mass is 1040 g/mol. The summed E-state index contributed by atoms with van der Waals surface area (Å²) in [6.07, 6.45) is 13.5. The number of benzene rings is 3. The van der Waals surface area contributed by atoms with Crippen LogP contribution in [0.15, 0.2) is 48.7 Å². The number of alkyl carbamates (subject to hydrolysis) is 1. The van der Waals surface area contributed by atoms with Crippen LogP contribution in [0.5, 0.6) is 11.8 Å². The Morgan fingerprint density at radius 2 is 1.68 bits per heavy atom. The van der Waals surface area contributed by atoms with Gasteiger partial charge >= 0.3 is 12.1 Å². The van der Waals surface area contributed by atoms with Crippen LogP contribution < -0.4 is 30.9 Å². The van der Waals surface area contributed by atoms with Crippen molar-refractivity contribution in [1.82, 2.24) is 40.7 Å². The summed E-state index contributed by atoms with van der Waals surface area (Å²) in [6, 6.07) is 10.2. The third kappa shape index (κ3) is 10.4. The number of hydrogen-bond donors (Lipinski definition) is 5. The fraction of sp³-hybridized carbons (Fsp3) is 0.444. The second-order valence-corrected chi connectivity index (χ2v) is 19.7. The molecule has 5 aromatic rings. The van der Waals surface area contributed by atoms with Crippen molar-refractivity contribution in [2.75, 3.05) is 89.6 Å². The average molecular weight is 1050 g/mol. The molecule has 0 saturated carbocycles. The van der Waals surface area contributed by atoms with Crippen molar-refractivity contribution >= 4 is 62.9 Å². The zero-order chi connectivity index (χ0) is 53.1. The van der Waals surface area contributed by atoms with Crippen LogP contribution in [0.2, 0.25) is 0 Å². The molecule has 5 amide bonds. The molecule has 3 unspecified atom stereocenters. The molecule has 3 atom stereocenters. The molecule has 6 aliphatic heterocycles. The minimum Gasteiger partial charge on any atom is -0.508 e. The number of piperazine rings is 1. The number of terminal acetylenes is 1. The third-order valence-electron chi connectivity index (χ3n) is 15.0. The molecule has 0 spiro atoms. The predicted octanol–water partition coefficient (Wildman–Crippen LogP) is 4.65. The number of carbonyl (C=O) groups excluding carboxylic acids is 5. The summed E-state index contributed by atoms with van der Waals surface area (Å²) in [7, 11) is 1.28. The molecule has 0 aliphatic carbocycles. The van der Waals surface area contributed by atoms with E-state index in [2.05, 4.69) is 51.7 Å². The number of fused-ring (bicyclic) bond motifs is 6. The van der Waals surface area contributed by atoms with Gasteiger partial charge in [-0.25, -0.2) is 13.6 Å². The minimum absolute atomic E-state index is 0.0191. The van der Waals surface area contributed by atoms with Crippen molar-refractivity contribution in [2.45, 2.75) is 75.0 Å². The standard InChI is InChI=1S/C33H32F2N6O2.C21H26N4O8/c1-2-23-26(34)8-5-19-13-22(42)14-24(27(19)23)29-28(35)30-25(15-36-29)31(40-16-20-6-7-21(17-40)37-20)39-32(38-30)43-18-33-9-3-11-41(33)12-4-10-33;1-31-21(30)23-8-10-33-12-11-32-9-7-22-14-4-2-3-13-17(14)20(29)25(19(13)28)15-5-6-16(26)24-18(15)27/h1,5,8,13-15,20-21,37,42H,3-4,6-7,9-12,16-18H2;2-4,15,22H,5-12H2,1H3,(H,23,30)(H,24,26,27). The second kappa shape index (κ2) is 22.3. The number of phenols is 1. The number of aromatic nitrogens is 3. The summed E-state index contributed by atoms with van der Waals surface area (Å²) in [5.41, 5.74) is 1.02. The third-order valence-corrected chi connectivity index (χ3v) is 15.0. The van der Waals surface area contributed by atoms with Crippen LogP contribution in [0, 0.1) is 24.0 Å². The largest absolute Gasteiger partial charge is 0.508 e. The van der Waals surface area contributed by atoms with E-state index in [0.29, 0.717) is 85.9 Å². The van der Waals surface area contributed by atoms with Crippen molar-refractivity contribution in [3.63, 3.8) is 0 Å². The van der Waals surface area contributed by atoms with E-state index in [1.54, 1.807) is 18.3 Å². The maximum absolute atomic E-state index is 16.7. The lowest BCUT2D eigenvalue weighted by atomic mass is 9.95. The molecule has 0 radical (unpaired) electrons. The lowest BCUT2D eigenvalue weighted by Crippen LogP contribution is -2.54. The lowest BCUT2D eigenvalue weighted by Gasteiger charge is -2.34. The van der Waals surface area contributed by atoms with Gasteiger partial charge in [-0.3, -0.25) is 39.3 Å². The number of methoxy groups -OCH3 is 1. The molecular formula is C54H58F2N10O10. The smallest absolute Gasteiger partial charge is 0.406 e. The number of piperidine rings is 1. The number of hydrogen-bond acceptors (Lipinski definition) is 17. The molecule has 20 nitrogen and oxygen atoms in total. The van der Waals surface area contributed by atoms with Crippen LogP contribution in [0.1, 0.15) is 77.6 Å². The van der Waals surface area contributed by atoms with Crippen molar-refractivity contribution < 1.29 is 56.8 Å². The van der Waals surface area contributed by atoms with Gasteiger partial charge in [0.1, 0.15) is 41.2 Å². The highest BCUT2D eigenvalue weighted by atomic mass is 19.1. The van der Waals surface area contributed by atoms with Gasteiger partial charge in [-0.05, 0) is 93.8 Å². The molecule has 76 heavy (non-hydrogen) atoms. The highest BCUT2D eigenvalue weighted by molar-refractivity contribution is 6.25. The number of phenolic OH excluding ortho intramolecular Hbond substituents is 1. The van der Waals surface area contributed by atoms with Crippen LogP contribution in [-0.4, -0.2) is 163 Å². The Balaban J connectivity index is 0.000000180. The number of carbonyl (C=O) groups is 5. The summed E-state index contributed by atoms with van der Waals surface area (Å²) in [4.78, 5) is 79.9. The second-order valence-electron chi connectivity index (χ2n) is 19.7. The maximum Gasteiger partial charge on any atom is 0.406 e. The molecular weight excluding hydrogens is 987 g/mol. The highest BCUT2D eigenvalue weighted by Gasteiger charge is 2.47. The summed E-state index contributed by atoms with van der Waals surface area (Å²) in [6.45, 7) is 6.11. The van der Waals surface area contributed by atoms with Crippen LogP contribution in [0.25, 0.3) is 32.9 Å². The van der Waals surface area contributed by atoms with Crippen LogP contribution in [0.4, 0.5) is 25.1 Å². The van der Waals surface area contributed by atoms with Crippen molar-refractivity contribution in [3.8, 4) is 35.4 Å². The van der Waals surface area contributed by atoms with Gasteiger partial charge in [0.05, 0.1) is 61.2 Å². The first kappa shape index (κ1) is 51.9. The number of halogens is 2. The average Bonchev–Trinajstić information content (AvgIpc) is 4.18. The molecule has 3 aromatic carbocycles. The number of amides is 5. The Morgan fingerprint density at radius 3 is 2.41 bits per heavy atom. The molecule has 8 heterocycles. The topological polar surface area (TPSA) is 239 Å². The van der Waals surface area contributed by atoms with Gasteiger partial charge in [0.2, 0.25) is 11.8 Å². The Morgan fingerprint density at radius 1 is 0.934 bits per heavy atom. The molecule has 11 rings (SSSR count). The normalized spacial score (nSPS) is 20.5. The predicted molar refractivity (Wildman–Crippen MR) is 274 cm³/mol. The van der Waals surface area contributed by atoms with Gasteiger partial charge < -0.3 is 44.9 Å². The van der Waals surface area contributed by atoms with E-state index in [-0.39, 0.29) is 63.6 Å². The first-order chi connectivity index (χ1) is 36.9. The first-order valence-corrected chi connectivity index (χ1v) is 25.6. The van der Waals surface area contributed by atoms with Gasteiger partial charge in [0.15, 0.2) is 5.82 Å². The zero-order valence-electron chi connectivity index (χ0n) is 41.9. The first-order valence-electron chi connectivity index (χ1n) is 25.6. The Hall–Kier alpha value is -7.58. The Labute approximate surface area is 436 Å². The van der Waals surface area contributed by atoms with E-state index in [1.165, 1.54) is 37.4 Å². The van der Waals surface area contributed by atoms with E-state index in [0.717, 1.165) is 69.6 Å². The molecule has 2 bridgehead atoms. The number of imide groups is 2.